The van der Waals surface area contributed by atoms with Crippen molar-refractivity contribution in [2.45, 2.75) is 38.1 Å². The van der Waals surface area contributed by atoms with E-state index in [0.717, 1.165) is 32.4 Å². The first-order valence-electron chi connectivity index (χ1n) is 6.64. The summed E-state index contributed by atoms with van der Waals surface area (Å²) in [6, 6.07) is -0.331. The molecule has 0 bridgehead atoms. The zero-order valence-electron chi connectivity index (χ0n) is 11.6. The Morgan fingerprint density at radius 1 is 1.63 bits per heavy atom. The molecule has 0 radical (unpaired) electrons. The van der Waals surface area contributed by atoms with Crippen molar-refractivity contribution in [3.05, 3.63) is 18.0 Å². The maximum atomic E-state index is 12.1. The Labute approximate surface area is 120 Å². The molecule has 19 heavy (non-hydrogen) atoms. The van der Waals surface area contributed by atoms with Crippen molar-refractivity contribution < 1.29 is 4.79 Å². The number of aryl methyl sites for hydroxylation is 1. The maximum absolute atomic E-state index is 12.1. The number of hydrogen-bond acceptors (Lipinski definition) is 3. The Bertz CT molecular complexity index is 421. The van der Waals surface area contributed by atoms with Gasteiger partial charge in [0, 0.05) is 32.3 Å². The molecule has 2 unspecified atom stereocenters. The summed E-state index contributed by atoms with van der Waals surface area (Å²) >= 11 is 0. The van der Waals surface area contributed by atoms with Gasteiger partial charge >= 0.3 is 0 Å². The lowest BCUT2D eigenvalue weighted by Gasteiger charge is -2.20. The summed E-state index contributed by atoms with van der Waals surface area (Å²) in [5.41, 5.74) is 7.11. The summed E-state index contributed by atoms with van der Waals surface area (Å²) in [5, 5.41) is 4.18. The molecule has 6 heteroatoms. The minimum atomic E-state index is -0.331. The van der Waals surface area contributed by atoms with Crippen LogP contribution in [0, 0.1) is 0 Å². The van der Waals surface area contributed by atoms with Crippen LogP contribution >= 0.6 is 12.4 Å². The van der Waals surface area contributed by atoms with Gasteiger partial charge < -0.3 is 10.6 Å². The van der Waals surface area contributed by atoms with Crippen LogP contribution in [0.1, 0.15) is 37.7 Å². The van der Waals surface area contributed by atoms with Crippen LogP contribution in [0.15, 0.2) is 12.4 Å². The Balaban J connectivity index is 0.00000180. The van der Waals surface area contributed by atoms with Crippen molar-refractivity contribution in [1.82, 2.24) is 14.7 Å². The summed E-state index contributed by atoms with van der Waals surface area (Å²) in [6.07, 6.45) is 6.66. The summed E-state index contributed by atoms with van der Waals surface area (Å²) in [6.45, 7) is 3.65. The van der Waals surface area contributed by atoms with Gasteiger partial charge in [-0.2, -0.15) is 5.10 Å². The number of carbonyl (C=O) groups is 1. The molecule has 1 aromatic heterocycles. The second kappa shape index (κ2) is 6.91. The van der Waals surface area contributed by atoms with E-state index >= 15 is 0 Å². The van der Waals surface area contributed by atoms with Gasteiger partial charge in [0.1, 0.15) is 0 Å². The van der Waals surface area contributed by atoms with E-state index in [1.807, 2.05) is 29.0 Å². The fourth-order valence-electron chi connectivity index (χ4n) is 2.55. The molecule has 1 fully saturated rings. The van der Waals surface area contributed by atoms with Gasteiger partial charge in [-0.05, 0) is 18.4 Å². The molecule has 2 rings (SSSR count). The van der Waals surface area contributed by atoms with E-state index in [1.54, 1.807) is 0 Å². The average Bonchev–Trinajstić information content (AvgIpc) is 2.96. The van der Waals surface area contributed by atoms with Crippen LogP contribution in [0.3, 0.4) is 0 Å². The Morgan fingerprint density at radius 3 is 2.95 bits per heavy atom. The molecule has 5 nitrogen and oxygen atoms in total. The van der Waals surface area contributed by atoms with Crippen LogP contribution in [0.5, 0.6) is 0 Å². The molecule has 1 saturated heterocycles. The highest BCUT2D eigenvalue weighted by molar-refractivity contribution is 5.85. The lowest BCUT2D eigenvalue weighted by Crippen LogP contribution is -2.42. The van der Waals surface area contributed by atoms with E-state index in [-0.39, 0.29) is 24.4 Å². The van der Waals surface area contributed by atoms with E-state index in [2.05, 4.69) is 12.0 Å². The fraction of sp³-hybridized carbons (Fsp3) is 0.692. The normalized spacial score (nSPS) is 20.2. The molecule has 1 amide bonds. The zero-order valence-corrected chi connectivity index (χ0v) is 12.4. The number of aromatic nitrogens is 2. The third-order valence-corrected chi connectivity index (χ3v) is 3.61. The number of hydrogen-bond donors (Lipinski definition) is 1. The van der Waals surface area contributed by atoms with Crippen molar-refractivity contribution in [2.24, 2.45) is 12.8 Å². The molecule has 0 aromatic carbocycles. The molecule has 0 aliphatic carbocycles. The second-order valence-electron chi connectivity index (χ2n) is 5.11. The van der Waals surface area contributed by atoms with Crippen molar-refractivity contribution in [2.75, 3.05) is 13.1 Å². The molecule has 1 aliphatic rings. The second-order valence-corrected chi connectivity index (χ2v) is 5.11. The quantitative estimate of drug-likeness (QED) is 0.907. The molecule has 2 heterocycles. The highest BCUT2D eigenvalue weighted by Gasteiger charge is 2.30. The van der Waals surface area contributed by atoms with E-state index < -0.39 is 0 Å². The molecule has 1 aromatic rings. The zero-order chi connectivity index (χ0) is 13.1. The molecular formula is C13H23ClN4O. The minimum Gasteiger partial charge on any atom is -0.341 e. The van der Waals surface area contributed by atoms with Crippen molar-refractivity contribution in [3.63, 3.8) is 0 Å². The van der Waals surface area contributed by atoms with Crippen LogP contribution in [0.2, 0.25) is 0 Å². The number of likely N-dealkylation sites (tertiary alicyclic amines) is 1. The highest BCUT2D eigenvalue weighted by atomic mass is 35.5. The number of nitrogens with two attached hydrogens (primary N) is 1. The first-order chi connectivity index (χ1) is 8.61. The van der Waals surface area contributed by atoms with Crippen LogP contribution in [0.4, 0.5) is 0 Å². The SMILES string of the molecule is CCCC(N)C(=O)N1CCC(c2cnn(C)c2)C1.Cl. The number of amides is 1. The van der Waals surface area contributed by atoms with Crippen LogP contribution in [0.25, 0.3) is 0 Å². The molecule has 2 N–H and O–H groups in total. The van der Waals surface area contributed by atoms with E-state index in [1.165, 1.54) is 5.56 Å². The van der Waals surface area contributed by atoms with Crippen molar-refractivity contribution in [1.29, 1.82) is 0 Å². The topological polar surface area (TPSA) is 64.2 Å². The third-order valence-electron chi connectivity index (χ3n) is 3.61. The fourth-order valence-corrected chi connectivity index (χ4v) is 2.55. The monoisotopic (exact) mass is 286 g/mol. The van der Waals surface area contributed by atoms with E-state index in [0.29, 0.717) is 5.92 Å². The van der Waals surface area contributed by atoms with Crippen LogP contribution in [-0.4, -0.2) is 39.7 Å². The van der Waals surface area contributed by atoms with Gasteiger partial charge in [-0.15, -0.1) is 12.4 Å². The summed E-state index contributed by atoms with van der Waals surface area (Å²) in [5.74, 6) is 0.514. The van der Waals surface area contributed by atoms with Crippen LogP contribution in [-0.2, 0) is 11.8 Å². The lowest BCUT2D eigenvalue weighted by atomic mass is 10.0. The van der Waals surface area contributed by atoms with Gasteiger partial charge in [0.15, 0.2) is 0 Å². The van der Waals surface area contributed by atoms with Gasteiger partial charge in [0.25, 0.3) is 0 Å². The van der Waals surface area contributed by atoms with Gasteiger partial charge in [-0.25, -0.2) is 0 Å². The van der Waals surface area contributed by atoms with Crippen molar-refractivity contribution >= 4 is 18.3 Å². The van der Waals surface area contributed by atoms with Gasteiger partial charge in [-0.1, -0.05) is 13.3 Å². The van der Waals surface area contributed by atoms with Gasteiger partial charge in [-0.3, -0.25) is 9.48 Å². The molecule has 0 spiro atoms. The largest absolute Gasteiger partial charge is 0.341 e. The minimum absolute atomic E-state index is 0. The third kappa shape index (κ3) is 3.70. The number of halogens is 1. The maximum Gasteiger partial charge on any atom is 0.239 e. The van der Waals surface area contributed by atoms with Crippen LogP contribution < -0.4 is 5.73 Å². The van der Waals surface area contributed by atoms with E-state index in [9.17, 15) is 4.79 Å². The van der Waals surface area contributed by atoms with Gasteiger partial charge in [0.2, 0.25) is 5.91 Å². The summed E-state index contributed by atoms with van der Waals surface area (Å²) < 4.78 is 1.81. The standard InChI is InChI=1S/C13H22N4O.ClH/c1-3-4-12(14)13(18)17-6-5-10(9-17)11-7-15-16(2)8-11;/h7-8,10,12H,3-6,9,14H2,1-2H3;1H. The Hall–Kier alpha value is -1.07. The number of rotatable bonds is 4. The first kappa shape index (κ1) is 16.0. The summed E-state index contributed by atoms with van der Waals surface area (Å²) in [4.78, 5) is 14.0. The summed E-state index contributed by atoms with van der Waals surface area (Å²) in [7, 11) is 1.92. The molecule has 108 valence electrons. The smallest absolute Gasteiger partial charge is 0.239 e. The highest BCUT2D eigenvalue weighted by Crippen LogP contribution is 2.27. The molecule has 1 aliphatic heterocycles. The average molecular weight is 287 g/mol. The Morgan fingerprint density at radius 2 is 2.37 bits per heavy atom. The van der Waals surface area contributed by atoms with Gasteiger partial charge in [0.05, 0.1) is 12.2 Å². The molecule has 0 saturated carbocycles. The molecular weight excluding hydrogens is 264 g/mol. The number of carbonyl (C=O) groups excluding carboxylic acids is 1. The lowest BCUT2D eigenvalue weighted by molar-refractivity contribution is -0.131. The first-order valence-corrected chi connectivity index (χ1v) is 6.64. The van der Waals surface area contributed by atoms with E-state index in [4.69, 9.17) is 5.73 Å². The predicted molar refractivity (Wildman–Crippen MR) is 77.3 cm³/mol. The van der Waals surface area contributed by atoms with Crippen molar-refractivity contribution in [3.8, 4) is 0 Å². The predicted octanol–water partition coefficient (Wildman–Crippen LogP) is 1.29. The molecule has 2 atom stereocenters. The Kier molecular flexibility index (Phi) is 5.82. The number of nitrogens with zero attached hydrogens (tertiary/aromatic N) is 3.